The van der Waals surface area contributed by atoms with Crippen molar-refractivity contribution in [3.8, 4) is 0 Å². The van der Waals surface area contributed by atoms with Crippen LogP contribution < -0.4 is 0 Å². The third kappa shape index (κ3) is 2.98. The summed E-state index contributed by atoms with van der Waals surface area (Å²) in [6, 6.07) is 12.9. The molecule has 0 atom stereocenters. The second-order valence-electron chi connectivity index (χ2n) is 4.85. The molecule has 0 bridgehead atoms. The van der Waals surface area contributed by atoms with Crippen molar-refractivity contribution >= 4 is 0 Å². The van der Waals surface area contributed by atoms with E-state index in [1.54, 1.807) is 0 Å². The van der Waals surface area contributed by atoms with Crippen LogP contribution in [0.2, 0.25) is 0 Å². The zero-order valence-corrected chi connectivity index (χ0v) is 11.5. The number of aryl methyl sites for hydroxylation is 5. The molecule has 94 valence electrons. The lowest BCUT2D eigenvalue weighted by atomic mass is 10.0. The highest BCUT2D eigenvalue weighted by Gasteiger charge is 2.04. The van der Waals surface area contributed by atoms with Gasteiger partial charge in [-0.2, -0.15) is 0 Å². The van der Waals surface area contributed by atoms with Crippen LogP contribution in [0.1, 0.15) is 35.0 Å². The fourth-order valence-electron chi connectivity index (χ4n) is 2.21. The second-order valence-corrected chi connectivity index (χ2v) is 4.85. The van der Waals surface area contributed by atoms with Crippen molar-refractivity contribution in [2.45, 2.75) is 40.0 Å². The molecule has 0 spiro atoms. The Morgan fingerprint density at radius 1 is 0.889 bits per heavy atom. The van der Waals surface area contributed by atoms with E-state index in [0.29, 0.717) is 0 Å². The Morgan fingerprint density at radius 2 is 1.67 bits per heavy atom. The smallest absolute Gasteiger partial charge is 0.0439 e. The molecular formula is C17H21N. The minimum atomic E-state index is 1.01. The normalized spacial score (nSPS) is 10.6. The van der Waals surface area contributed by atoms with E-state index in [9.17, 15) is 0 Å². The van der Waals surface area contributed by atoms with Gasteiger partial charge in [0.05, 0.1) is 0 Å². The molecule has 0 radical (unpaired) electrons. The van der Waals surface area contributed by atoms with Gasteiger partial charge in [-0.3, -0.25) is 4.98 Å². The van der Waals surface area contributed by atoms with Gasteiger partial charge in [0.25, 0.3) is 0 Å². The summed E-state index contributed by atoms with van der Waals surface area (Å²) in [5, 5.41) is 0. The molecule has 0 unspecified atom stereocenters. The molecule has 0 N–H and O–H groups in total. The lowest BCUT2D eigenvalue weighted by molar-refractivity contribution is 0.868. The monoisotopic (exact) mass is 239 g/mol. The number of aromatic nitrogens is 1. The van der Waals surface area contributed by atoms with Gasteiger partial charge in [0.2, 0.25) is 0 Å². The van der Waals surface area contributed by atoms with Gasteiger partial charge in [0.1, 0.15) is 0 Å². The minimum absolute atomic E-state index is 1.01. The molecule has 1 heteroatoms. The van der Waals surface area contributed by atoms with E-state index in [2.05, 4.69) is 57.2 Å². The van der Waals surface area contributed by atoms with E-state index in [0.717, 1.165) is 19.3 Å². The molecule has 1 heterocycles. The highest BCUT2D eigenvalue weighted by Crippen LogP contribution is 2.13. The third-order valence-corrected chi connectivity index (χ3v) is 3.51. The first-order valence-electron chi connectivity index (χ1n) is 6.70. The van der Waals surface area contributed by atoms with Crippen molar-refractivity contribution in [3.05, 3.63) is 64.5 Å². The standard InChI is InChI=1S/C17H21N/c1-4-16-11-9-14(3)17(18-16)12-10-15-8-6-5-7-13(15)2/h5-9,11H,4,10,12H2,1-3H3. The lowest BCUT2D eigenvalue weighted by Gasteiger charge is -2.08. The van der Waals surface area contributed by atoms with Crippen LogP contribution in [0.15, 0.2) is 36.4 Å². The molecule has 0 aliphatic carbocycles. The van der Waals surface area contributed by atoms with Crippen molar-refractivity contribution in [2.75, 3.05) is 0 Å². The van der Waals surface area contributed by atoms with Crippen molar-refractivity contribution < 1.29 is 0 Å². The van der Waals surface area contributed by atoms with Crippen LogP contribution in [0.4, 0.5) is 0 Å². The van der Waals surface area contributed by atoms with E-state index in [4.69, 9.17) is 4.98 Å². The zero-order valence-electron chi connectivity index (χ0n) is 11.5. The fraction of sp³-hybridized carbons (Fsp3) is 0.353. The summed E-state index contributed by atoms with van der Waals surface area (Å²) in [6.45, 7) is 6.49. The Kier molecular flexibility index (Phi) is 4.14. The molecule has 1 aromatic carbocycles. The predicted octanol–water partition coefficient (Wildman–Crippen LogP) is 4.05. The SMILES string of the molecule is CCc1ccc(C)c(CCc2ccccc2C)n1. The highest BCUT2D eigenvalue weighted by molar-refractivity contribution is 5.28. The number of rotatable bonds is 4. The largest absolute Gasteiger partial charge is 0.258 e. The summed E-state index contributed by atoms with van der Waals surface area (Å²) in [4.78, 5) is 4.74. The summed E-state index contributed by atoms with van der Waals surface area (Å²) in [6.07, 6.45) is 3.12. The molecule has 0 saturated heterocycles. The maximum absolute atomic E-state index is 4.74. The fourth-order valence-corrected chi connectivity index (χ4v) is 2.21. The van der Waals surface area contributed by atoms with Gasteiger partial charge in [-0.25, -0.2) is 0 Å². The Balaban J connectivity index is 2.13. The van der Waals surface area contributed by atoms with Crippen LogP contribution in [0.3, 0.4) is 0 Å². The first-order valence-corrected chi connectivity index (χ1v) is 6.70. The molecule has 0 saturated carbocycles. The number of hydrogen-bond acceptors (Lipinski definition) is 1. The van der Waals surface area contributed by atoms with Crippen molar-refractivity contribution in [3.63, 3.8) is 0 Å². The second kappa shape index (κ2) is 5.81. The molecular weight excluding hydrogens is 218 g/mol. The summed E-state index contributed by atoms with van der Waals surface area (Å²) >= 11 is 0. The summed E-state index contributed by atoms with van der Waals surface area (Å²) < 4.78 is 0. The van der Waals surface area contributed by atoms with Gasteiger partial charge < -0.3 is 0 Å². The van der Waals surface area contributed by atoms with Crippen LogP contribution in [-0.4, -0.2) is 4.98 Å². The number of nitrogens with zero attached hydrogens (tertiary/aromatic N) is 1. The van der Waals surface area contributed by atoms with Crippen molar-refractivity contribution in [2.24, 2.45) is 0 Å². The quantitative estimate of drug-likeness (QED) is 0.784. The Morgan fingerprint density at radius 3 is 2.39 bits per heavy atom. The molecule has 1 aromatic heterocycles. The molecule has 1 nitrogen and oxygen atoms in total. The zero-order chi connectivity index (χ0) is 13.0. The summed E-state index contributed by atoms with van der Waals surface area (Å²) in [5.74, 6) is 0. The Bertz CT molecular complexity index is 529. The Labute approximate surface area is 110 Å². The average Bonchev–Trinajstić information content (AvgIpc) is 2.39. The van der Waals surface area contributed by atoms with Crippen LogP contribution >= 0.6 is 0 Å². The van der Waals surface area contributed by atoms with Crippen LogP contribution in [0.25, 0.3) is 0 Å². The molecule has 0 amide bonds. The minimum Gasteiger partial charge on any atom is -0.258 e. The van der Waals surface area contributed by atoms with Gasteiger partial charge in [-0.15, -0.1) is 0 Å². The maximum atomic E-state index is 4.74. The molecule has 0 aliphatic rings. The molecule has 18 heavy (non-hydrogen) atoms. The van der Waals surface area contributed by atoms with E-state index in [1.807, 2.05) is 0 Å². The van der Waals surface area contributed by atoms with Gasteiger partial charge in [-0.05, 0) is 55.9 Å². The van der Waals surface area contributed by atoms with E-state index in [-0.39, 0.29) is 0 Å². The van der Waals surface area contributed by atoms with Gasteiger partial charge >= 0.3 is 0 Å². The van der Waals surface area contributed by atoms with Gasteiger partial charge in [-0.1, -0.05) is 37.3 Å². The van der Waals surface area contributed by atoms with Crippen LogP contribution in [0.5, 0.6) is 0 Å². The van der Waals surface area contributed by atoms with E-state index >= 15 is 0 Å². The average molecular weight is 239 g/mol. The lowest BCUT2D eigenvalue weighted by Crippen LogP contribution is -2.01. The van der Waals surface area contributed by atoms with Gasteiger partial charge in [0, 0.05) is 11.4 Å². The summed E-state index contributed by atoms with van der Waals surface area (Å²) in [5.41, 5.74) is 6.56. The number of pyridine rings is 1. The predicted molar refractivity (Wildman–Crippen MR) is 76.9 cm³/mol. The maximum Gasteiger partial charge on any atom is 0.0439 e. The Hall–Kier alpha value is -1.63. The molecule has 0 fully saturated rings. The molecule has 2 rings (SSSR count). The first-order chi connectivity index (χ1) is 8.70. The van der Waals surface area contributed by atoms with Crippen LogP contribution in [0, 0.1) is 13.8 Å². The van der Waals surface area contributed by atoms with E-state index in [1.165, 1.54) is 28.1 Å². The van der Waals surface area contributed by atoms with Crippen molar-refractivity contribution in [1.82, 2.24) is 4.98 Å². The first kappa shape index (κ1) is 12.8. The van der Waals surface area contributed by atoms with Crippen LogP contribution in [-0.2, 0) is 19.3 Å². The third-order valence-electron chi connectivity index (χ3n) is 3.51. The topological polar surface area (TPSA) is 12.9 Å². The number of hydrogen-bond donors (Lipinski definition) is 0. The van der Waals surface area contributed by atoms with Gasteiger partial charge in [0.15, 0.2) is 0 Å². The summed E-state index contributed by atoms with van der Waals surface area (Å²) in [7, 11) is 0. The van der Waals surface area contributed by atoms with Crippen molar-refractivity contribution in [1.29, 1.82) is 0 Å². The highest BCUT2D eigenvalue weighted by atomic mass is 14.7. The number of benzene rings is 1. The van der Waals surface area contributed by atoms with E-state index < -0.39 is 0 Å². The molecule has 0 aliphatic heterocycles. The molecule has 2 aromatic rings.